The van der Waals surface area contributed by atoms with Crippen molar-refractivity contribution in [1.29, 1.82) is 0 Å². The standard InChI is InChI=1S/C22H15F6N5O3/c1-32-19(20(36)30-11-5-7-29-15(9-11)21(23,24)25)17(22(26,27)28)18(31-32)13-3-2-4-14-12(13)6-8-33(14)10-16(34)35/h2-9H,10H2,1H3,(H,34,35)(H,29,30,36). The minimum atomic E-state index is -5.07. The molecule has 1 aromatic carbocycles. The number of fused-ring (bicyclic) bond motifs is 1. The van der Waals surface area contributed by atoms with Gasteiger partial charge in [-0.2, -0.15) is 31.4 Å². The number of aromatic nitrogens is 4. The molecule has 0 atom stereocenters. The fourth-order valence-corrected chi connectivity index (χ4v) is 3.81. The lowest BCUT2D eigenvalue weighted by molar-refractivity contribution is -0.141. The van der Waals surface area contributed by atoms with Gasteiger partial charge in [-0.15, -0.1) is 0 Å². The molecule has 0 saturated heterocycles. The van der Waals surface area contributed by atoms with Crippen molar-refractivity contribution in [3.8, 4) is 11.3 Å². The molecule has 0 bridgehead atoms. The lowest BCUT2D eigenvalue weighted by atomic mass is 10.0. The van der Waals surface area contributed by atoms with E-state index in [1.807, 2.05) is 5.32 Å². The number of alkyl halides is 6. The van der Waals surface area contributed by atoms with Gasteiger partial charge in [-0.25, -0.2) is 0 Å². The Balaban J connectivity index is 1.83. The zero-order valence-electron chi connectivity index (χ0n) is 18.1. The zero-order chi connectivity index (χ0) is 26.4. The minimum absolute atomic E-state index is 0.0121. The van der Waals surface area contributed by atoms with Crippen LogP contribution in [-0.2, 0) is 30.7 Å². The zero-order valence-corrected chi connectivity index (χ0v) is 18.1. The highest BCUT2D eigenvalue weighted by molar-refractivity contribution is 6.06. The molecule has 36 heavy (non-hydrogen) atoms. The minimum Gasteiger partial charge on any atom is -0.480 e. The van der Waals surface area contributed by atoms with Crippen molar-refractivity contribution in [2.45, 2.75) is 18.9 Å². The van der Waals surface area contributed by atoms with Crippen molar-refractivity contribution in [2.75, 3.05) is 5.32 Å². The molecule has 4 rings (SSSR count). The predicted molar refractivity (Wildman–Crippen MR) is 114 cm³/mol. The maximum absolute atomic E-state index is 14.2. The molecule has 14 heteroatoms. The van der Waals surface area contributed by atoms with Crippen LogP contribution in [0.15, 0.2) is 48.8 Å². The van der Waals surface area contributed by atoms with Crippen molar-refractivity contribution in [3.05, 3.63) is 65.7 Å². The molecule has 0 aliphatic heterocycles. The third-order valence-electron chi connectivity index (χ3n) is 5.23. The number of carbonyl (C=O) groups is 2. The quantitative estimate of drug-likeness (QED) is 0.375. The first kappa shape index (κ1) is 24.8. The second-order valence-corrected chi connectivity index (χ2v) is 7.65. The Labute approximate surface area is 197 Å². The van der Waals surface area contributed by atoms with E-state index in [-0.39, 0.29) is 10.9 Å². The maximum Gasteiger partial charge on any atom is 0.433 e. The molecule has 4 aromatic rings. The van der Waals surface area contributed by atoms with Gasteiger partial charge in [-0.3, -0.25) is 19.3 Å². The molecule has 0 radical (unpaired) electrons. The number of rotatable bonds is 5. The number of halogens is 6. The number of nitrogens with zero attached hydrogens (tertiary/aromatic N) is 4. The Kier molecular flexibility index (Phi) is 5.98. The van der Waals surface area contributed by atoms with E-state index in [0.29, 0.717) is 16.3 Å². The number of carboxylic acid groups (broad SMARTS) is 1. The molecule has 0 aliphatic carbocycles. The predicted octanol–water partition coefficient (Wildman–Crippen LogP) is 4.81. The second-order valence-electron chi connectivity index (χ2n) is 7.65. The largest absolute Gasteiger partial charge is 0.480 e. The Morgan fingerprint density at radius 2 is 1.78 bits per heavy atom. The van der Waals surface area contributed by atoms with E-state index in [2.05, 4.69) is 10.1 Å². The highest BCUT2D eigenvalue weighted by atomic mass is 19.4. The molecule has 3 heterocycles. The van der Waals surface area contributed by atoms with Gasteiger partial charge in [0, 0.05) is 41.6 Å². The van der Waals surface area contributed by atoms with E-state index in [9.17, 15) is 35.9 Å². The van der Waals surface area contributed by atoms with Gasteiger partial charge in [0.1, 0.15) is 29.2 Å². The van der Waals surface area contributed by atoms with E-state index in [1.54, 1.807) is 0 Å². The summed E-state index contributed by atoms with van der Waals surface area (Å²) in [5, 5.41) is 15.3. The van der Waals surface area contributed by atoms with Crippen molar-refractivity contribution < 1.29 is 41.0 Å². The molecular weight excluding hydrogens is 496 g/mol. The SMILES string of the molecule is Cn1nc(-c2cccc3c2ccn3CC(=O)O)c(C(F)(F)F)c1C(=O)Nc1ccnc(C(F)(F)F)c1. The number of pyridine rings is 1. The van der Waals surface area contributed by atoms with Gasteiger partial charge in [0.05, 0.1) is 0 Å². The maximum atomic E-state index is 14.2. The number of carbonyl (C=O) groups excluding carboxylic acids is 1. The Morgan fingerprint density at radius 1 is 1.06 bits per heavy atom. The Hall–Kier alpha value is -4.36. The van der Waals surface area contributed by atoms with Crippen LogP contribution in [0.1, 0.15) is 21.7 Å². The monoisotopic (exact) mass is 511 g/mol. The Bertz CT molecular complexity index is 1490. The smallest absolute Gasteiger partial charge is 0.433 e. The topological polar surface area (TPSA) is 102 Å². The summed E-state index contributed by atoms with van der Waals surface area (Å²) in [5.74, 6) is -2.49. The molecule has 0 saturated carbocycles. The van der Waals surface area contributed by atoms with Crippen LogP contribution in [0.5, 0.6) is 0 Å². The van der Waals surface area contributed by atoms with Crippen LogP contribution in [-0.4, -0.2) is 36.3 Å². The lowest BCUT2D eigenvalue weighted by Crippen LogP contribution is -2.21. The fraction of sp³-hybridized carbons (Fsp3) is 0.182. The molecule has 3 aromatic heterocycles. The number of nitrogens with one attached hydrogen (secondary N) is 1. The number of anilines is 1. The van der Waals surface area contributed by atoms with Gasteiger partial charge < -0.3 is 15.0 Å². The molecule has 0 unspecified atom stereocenters. The summed E-state index contributed by atoms with van der Waals surface area (Å²) < 4.78 is 83.5. The van der Waals surface area contributed by atoms with Gasteiger partial charge in [0.25, 0.3) is 5.91 Å². The Morgan fingerprint density at radius 3 is 2.42 bits per heavy atom. The summed E-state index contributed by atoms with van der Waals surface area (Å²) in [6.45, 7) is -0.430. The van der Waals surface area contributed by atoms with Crippen LogP contribution < -0.4 is 5.32 Å². The molecule has 188 valence electrons. The fourth-order valence-electron chi connectivity index (χ4n) is 3.81. The van der Waals surface area contributed by atoms with Crippen LogP contribution in [0, 0.1) is 0 Å². The summed E-state index contributed by atoms with van der Waals surface area (Å²) in [5.41, 5.74) is -4.35. The summed E-state index contributed by atoms with van der Waals surface area (Å²) in [6, 6.07) is 7.20. The third-order valence-corrected chi connectivity index (χ3v) is 5.23. The van der Waals surface area contributed by atoms with Gasteiger partial charge in [0.15, 0.2) is 0 Å². The van der Waals surface area contributed by atoms with Crippen LogP contribution in [0.25, 0.3) is 22.2 Å². The normalized spacial score (nSPS) is 12.2. The van der Waals surface area contributed by atoms with Gasteiger partial charge in [-0.1, -0.05) is 12.1 Å². The average molecular weight is 511 g/mol. The van der Waals surface area contributed by atoms with Crippen molar-refractivity contribution in [1.82, 2.24) is 19.3 Å². The lowest BCUT2D eigenvalue weighted by Gasteiger charge is -2.12. The molecule has 0 spiro atoms. The van der Waals surface area contributed by atoms with E-state index in [1.165, 1.54) is 35.0 Å². The van der Waals surface area contributed by atoms with E-state index in [4.69, 9.17) is 5.11 Å². The number of hydrogen-bond donors (Lipinski definition) is 2. The number of amides is 1. The van der Waals surface area contributed by atoms with E-state index in [0.717, 1.165) is 19.3 Å². The van der Waals surface area contributed by atoms with Gasteiger partial charge in [-0.05, 0) is 24.3 Å². The highest BCUT2D eigenvalue weighted by Gasteiger charge is 2.42. The molecule has 1 amide bonds. The summed E-state index contributed by atoms with van der Waals surface area (Å²) in [7, 11) is 1.09. The summed E-state index contributed by atoms with van der Waals surface area (Å²) in [6.07, 6.45) is -7.74. The summed E-state index contributed by atoms with van der Waals surface area (Å²) in [4.78, 5) is 27.1. The van der Waals surface area contributed by atoms with Crippen LogP contribution in [0.3, 0.4) is 0 Å². The number of aryl methyl sites for hydroxylation is 1. The van der Waals surface area contributed by atoms with Crippen molar-refractivity contribution in [2.24, 2.45) is 7.05 Å². The average Bonchev–Trinajstić information content (AvgIpc) is 3.33. The third kappa shape index (κ3) is 4.61. The van der Waals surface area contributed by atoms with Crippen LogP contribution in [0.4, 0.5) is 32.0 Å². The van der Waals surface area contributed by atoms with E-state index >= 15 is 0 Å². The molecule has 0 aliphatic rings. The first-order chi connectivity index (χ1) is 16.8. The van der Waals surface area contributed by atoms with Gasteiger partial charge >= 0.3 is 18.3 Å². The number of carboxylic acids is 1. The second kappa shape index (κ2) is 8.70. The van der Waals surface area contributed by atoms with Crippen LogP contribution >= 0.6 is 0 Å². The first-order valence-corrected chi connectivity index (χ1v) is 10.1. The highest BCUT2D eigenvalue weighted by Crippen LogP contribution is 2.41. The molecule has 0 fully saturated rings. The first-order valence-electron chi connectivity index (χ1n) is 10.1. The summed E-state index contributed by atoms with van der Waals surface area (Å²) >= 11 is 0. The number of hydrogen-bond acceptors (Lipinski definition) is 4. The number of aliphatic carboxylic acids is 1. The van der Waals surface area contributed by atoms with Crippen LogP contribution in [0.2, 0.25) is 0 Å². The number of benzene rings is 1. The molecule has 2 N–H and O–H groups in total. The van der Waals surface area contributed by atoms with Crippen molar-refractivity contribution >= 4 is 28.5 Å². The van der Waals surface area contributed by atoms with Gasteiger partial charge in [0.2, 0.25) is 0 Å². The molecule has 8 nitrogen and oxygen atoms in total. The van der Waals surface area contributed by atoms with Crippen molar-refractivity contribution in [3.63, 3.8) is 0 Å². The molecular formula is C22H15F6N5O3. The van der Waals surface area contributed by atoms with E-state index < -0.39 is 59.1 Å².